The van der Waals surface area contributed by atoms with Crippen molar-refractivity contribution in [2.45, 2.75) is 6.54 Å². The van der Waals surface area contributed by atoms with Crippen molar-refractivity contribution in [2.24, 2.45) is 0 Å². The summed E-state index contributed by atoms with van der Waals surface area (Å²) in [5.41, 5.74) is 0.787. The van der Waals surface area contributed by atoms with Crippen molar-refractivity contribution >= 4 is 51.5 Å². The van der Waals surface area contributed by atoms with E-state index in [4.69, 9.17) is 27.9 Å². The van der Waals surface area contributed by atoms with Crippen LogP contribution in [0.3, 0.4) is 0 Å². The van der Waals surface area contributed by atoms with Gasteiger partial charge < -0.3 is 20.4 Å². The lowest BCUT2D eigenvalue weighted by Crippen LogP contribution is -2.35. The number of ether oxygens (including phenoxy) is 1. The van der Waals surface area contributed by atoms with E-state index < -0.39 is 17.3 Å². The van der Waals surface area contributed by atoms with Crippen LogP contribution in [0.5, 0.6) is 11.8 Å². The smallest absolute Gasteiger partial charge is 0.329 e. The predicted octanol–water partition coefficient (Wildman–Crippen LogP) is 5.27. The largest absolute Gasteiger partial charge is 0.424 e. The molecule has 0 spiro atoms. The maximum atomic E-state index is 13.2. The van der Waals surface area contributed by atoms with Crippen molar-refractivity contribution in [1.82, 2.24) is 19.5 Å². The molecule has 5 rings (SSSR count). The van der Waals surface area contributed by atoms with Gasteiger partial charge in [-0.25, -0.2) is 19.6 Å². The number of amides is 2. The minimum absolute atomic E-state index is 0.0297. The van der Waals surface area contributed by atoms with Crippen molar-refractivity contribution in [3.63, 3.8) is 0 Å². The number of carbonyl (C=O) groups excluding carboxylic acids is 1. The number of urea groups is 1. The monoisotopic (exact) mass is 548 g/mol. The van der Waals surface area contributed by atoms with Crippen LogP contribution in [-0.4, -0.2) is 25.6 Å². The molecule has 3 aromatic carbocycles. The number of aromatic nitrogens is 4. The molecule has 0 saturated carbocycles. The van der Waals surface area contributed by atoms with Crippen molar-refractivity contribution in [1.29, 1.82) is 0 Å². The maximum Gasteiger partial charge on any atom is 0.329 e. The average molecular weight is 549 g/mol. The highest BCUT2D eigenvalue weighted by Crippen LogP contribution is 2.23. The van der Waals surface area contributed by atoms with E-state index in [2.05, 4.69) is 25.6 Å². The summed E-state index contributed by atoms with van der Waals surface area (Å²) in [5, 5.41) is 6.38. The number of aromatic amines is 1. The number of carbonyl (C=O) groups is 1. The van der Waals surface area contributed by atoms with Gasteiger partial charge >= 0.3 is 17.7 Å². The standard InChI is InChI=1S/C26H18Cl2N6O4/c27-16-10-17(28)12-19(11-16)32-24(36)31-18-4-1-3-15(9-18)14-34-23(35)21-13-20(5-6-22(21)33-26(34)37)38-25-29-7-2-8-30-25/h1-13H,14H2,(H,33,37)(H2,31,32,36). The topological polar surface area (TPSA) is 131 Å². The highest BCUT2D eigenvalue weighted by Gasteiger charge is 2.12. The van der Waals surface area contributed by atoms with Crippen LogP contribution in [-0.2, 0) is 6.54 Å². The molecule has 0 saturated heterocycles. The van der Waals surface area contributed by atoms with E-state index >= 15 is 0 Å². The SMILES string of the molecule is O=C(Nc1cc(Cl)cc(Cl)c1)Nc1cccc(Cn2c(=O)[nH]c3ccc(Oc4ncccn4)cc3c2=O)c1. The molecule has 190 valence electrons. The average Bonchev–Trinajstić information content (AvgIpc) is 2.87. The van der Waals surface area contributed by atoms with Crippen LogP contribution in [0.4, 0.5) is 16.2 Å². The fraction of sp³-hybridized carbons (Fsp3) is 0.0385. The Morgan fingerprint density at radius 2 is 1.63 bits per heavy atom. The molecule has 0 aliphatic heterocycles. The first-order chi connectivity index (χ1) is 18.3. The Kier molecular flexibility index (Phi) is 7.07. The lowest BCUT2D eigenvalue weighted by atomic mass is 10.2. The lowest BCUT2D eigenvalue weighted by Gasteiger charge is -2.11. The van der Waals surface area contributed by atoms with E-state index in [0.29, 0.717) is 38.2 Å². The molecule has 38 heavy (non-hydrogen) atoms. The van der Waals surface area contributed by atoms with Gasteiger partial charge in [0.05, 0.1) is 17.4 Å². The number of fused-ring (bicyclic) bond motifs is 1. The van der Waals surface area contributed by atoms with E-state index in [9.17, 15) is 14.4 Å². The zero-order chi connectivity index (χ0) is 26.6. The van der Waals surface area contributed by atoms with Crippen LogP contribution in [0.25, 0.3) is 10.9 Å². The lowest BCUT2D eigenvalue weighted by molar-refractivity contribution is 0.262. The number of halogens is 2. The number of hydrogen-bond donors (Lipinski definition) is 3. The molecule has 0 atom stereocenters. The molecule has 10 nitrogen and oxygen atoms in total. The third-order valence-corrected chi connectivity index (χ3v) is 5.79. The third kappa shape index (κ3) is 5.83. The quantitative estimate of drug-likeness (QED) is 0.265. The summed E-state index contributed by atoms with van der Waals surface area (Å²) in [6, 6.07) is 17.4. The summed E-state index contributed by atoms with van der Waals surface area (Å²) in [5.74, 6) is 0.345. The van der Waals surface area contributed by atoms with E-state index in [1.807, 2.05) is 0 Å². The summed E-state index contributed by atoms with van der Waals surface area (Å²) in [7, 11) is 0. The van der Waals surface area contributed by atoms with Gasteiger partial charge in [0, 0.05) is 33.8 Å². The molecule has 0 aliphatic rings. The van der Waals surface area contributed by atoms with Crippen molar-refractivity contribution in [3.05, 3.63) is 116 Å². The number of benzene rings is 3. The number of hydrogen-bond acceptors (Lipinski definition) is 6. The Morgan fingerprint density at radius 3 is 2.39 bits per heavy atom. The van der Waals surface area contributed by atoms with Crippen LogP contribution in [0.15, 0.2) is 88.7 Å². The van der Waals surface area contributed by atoms with Crippen LogP contribution in [0.2, 0.25) is 10.0 Å². The molecule has 0 radical (unpaired) electrons. The number of anilines is 2. The molecule has 2 heterocycles. The number of rotatable bonds is 6. The van der Waals surface area contributed by atoms with E-state index in [1.165, 1.54) is 18.5 Å². The fourth-order valence-electron chi connectivity index (χ4n) is 3.73. The normalized spacial score (nSPS) is 10.8. The first-order valence-corrected chi connectivity index (χ1v) is 11.9. The van der Waals surface area contributed by atoms with Gasteiger partial charge in [-0.1, -0.05) is 35.3 Å². The van der Waals surface area contributed by atoms with Crippen LogP contribution in [0, 0.1) is 0 Å². The third-order valence-electron chi connectivity index (χ3n) is 5.35. The second kappa shape index (κ2) is 10.8. The van der Waals surface area contributed by atoms with Crippen LogP contribution >= 0.6 is 23.2 Å². The van der Waals surface area contributed by atoms with Gasteiger partial charge in [-0.05, 0) is 60.2 Å². The molecule has 12 heteroatoms. The van der Waals surface area contributed by atoms with Crippen LogP contribution in [0.1, 0.15) is 5.56 Å². The van der Waals surface area contributed by atoms with Crippen LogP contribution < -0.4 is 26.6 Å². The van der Waals surface area contributed by atoms with Gasteiger partial charge in [-0.2, -0.15) is 0 Å². The first-order valence-electron chi connectivity index (χ1n) is 11.2. The molecule has 5 aromatic rings. The van der Waals surface area contributed by atoms with Crippen molar-refractivity contribution in [3.8, 4) is 11.8 Å². The molecule has 0 unspecified atom stereocenters. The first kappa shape index (κ1) is 25.0. The molecular formula is C26H18Cl2N6O4. The molecule has 2 amide bonds. The van der Waals surface area contributed by atoms with Gasteiger partial charge in [0.1, 0.15) is 5.75 Å². The molecule has 2 aromatic heterocycles. The Bertz CT molecular complexity index is 1750. The fourth-order valence-corrected chi connectivity index (χ4v) is 4.26. The highest BCUT2D eigenvalue weighted by molar-refractivity contribution is 6.35. The summed E-state index contributed by atoms with van der Waals surface area (Å²) in [4.78, 5) is 49.1. The summed E-state index contributed by atoms with van der Waals surface area (Å²) < 4.78 is 6.68. The second-order valence-electron chi connectivity index (χ2n) is 8.10. The summed E-state index contributed by atoms with van der Waals surface area (Å²) in [6.45, 7) is -0.0297. The summed E-state index contributed by atoms with van der Waals surface area (Å²) >= 11 is 11.9. The van der Waals surface area contributed by atoms with Gasteiger partial charge in [0.25, 0.3) is 5.56 Å². The van der Waals surface area contributed by atoms with E-state index in [-0.39, 0.29) is 17.9 Å². The predicted molar refractivity (Wildman–Crippen MR) is 146 cm³/mol. The minimum atomic E-state index is -0.573. The molecule has 0 aliphatic carbocycles. The maximum absolute atomic E-state index is 13.2. The zero-order valence-electron chi connectivity index (χ0n) is 19.4. The van der Waals surface area contributed by atoms with Crippen molar-refractivity contribution in [2.75, 3.05) is 10.6 Å². The van der Waals surface area contributed by atoms with E-state index in [0.717, 1.165) is 4.57 Å². The Morgan fingerprint density at radius 1 is 0.895 bits per heavy atom. The van der Waals surface area contributed by atoms with E-state index in [1.54, 1.807) is 60.7 Å². The second-order valence-corrected chi connectivity index (χ2v) is 8.97. The number of nitrogens with zero attached hydrogens (tertiary/aromatic N) is 3. The molecule has 3 N–H and O–H groups in total. The highest BCUT2D eigenvalue weighted by atomic mass is 35.5. The van der Waals surface area contributed by atoms with Gasteiger partial charge in [0.2, 0.25) is 0 Å². The van der Waals surface area contributed by atoms with Gasteiger partial charge in [-0.15, -0.1) is 0 Å². The molecule has 0 fully saturated rings. The molecular weight excluding hydrogens is 531 g/mol. The minimum Gasteiger partial charge on any atom is -0.424 e. The number of nitrogens with one attached hydrogen (secondary N) is 3. The Balaban J connectivity index is 1.36. The zero-order valence-corrected chi connectivity index (χ0v) is 21.0. The number of H-pyrrole nitrogens is 1. The van der Waals surface area contributed by atoms with Gasteiger partial charge in [-0.3, -0.25) is 9.36 Å². The Labute approximate surface area is 224 Å². The van der Waals surface area contributed by atoms with Crippen molar-refractivity contribution < 1.29 is 9.53 Å². The Hall–Kier alpha value is -4.67. The van der Waals surface area contributed by atoms with Gasteiger partial charge in [0.15, 0.2) is 0 Å². The summed E-state index contributed by atoms with van der Waals surface area (Å²) in [6.07, 6.45) is 3.07. The molecule has 0 bridgehead atoms.